The number of halogens is 2. The predicted octanol–water partition coefficient (Wildman–Crippen LogP) is 4.75. The van der Waals surface area contributed by atoms with Crippen LogP contribution in [0.15, 0.2) is 60.7 Å². The van der Waals surface area contributed by atoms with Gasteiger partial charge in [0, 0.05) is 5.02 Å². The smallest absolute Gasteiger partial charge is 0.253 e. The summed E-state index contributed by atoms with van der Waals surface area (Å²) in [5.74, 6) is -0.709. The van der Waals surface area contributed by atoms with Crippen molar-refractivity contribution in [1.82, 2.24) is 10.6 Å². The topological polar surface area (TPSA) is 58.2 Å². The first-order valence-electron chi connectivity index (χ1n) is 8.45. The van der Waals surface area contributed by atoms with Crippen molar-refractivity contribution in [3.05, 3.63) is 81.8 Å². The number of carbonyl (C=O) groups is 2. The lowest BCUT2D eigenvalue weighted by molar-refractivity contribution is -0.120. The van der Waals surface area contributed by atoms with Crippen LogP contribution in [-0.2, 0) is 4.79 Å². The molecule has 138 valence electrons. The number of rotatable bonds is 5. The molecule has 0 unspecified atom stereocenters. The molecule has 0 spiro atoms. The Kier molecular flexibility index (Phi) is 5.99. The van der Waals surface area contributed by atoms with Crippen molar-refractivity contribution < 1.29 is 9.59 Å². The van der Waals surface area contributed by atoms with Gasteiger partial charge < -0.3 is 10.6 Å². The molecule has 0 saturated heterocycles. The van der Waals surface area contributed by atoms with Crippen LogP contribution in [0.5, 0.6) is 0 Å². The molecule has 3 aromatic carbocycles. The van der Waals surface area contributed by atoms with Crippen LogP contribution in [0.25, 0.3) is 10.8 Å². The molecule has 0 aromatic heterocycles. The maximum atomic E-state index is 12.2. The van der Waals surface area contributed by atoms with E-state index < -0.39 is 5.91 Å². The van der Waals surface area contributed by atoms with E-state index in [2.05, 4.69) is 10.6 Å². The maximum Gasteiger partial charge on any atom is 0.253 e. The second kappa shape index (κ2) is 8.42. The normalized spacial score (nSPS) is 11.8. The predicted molar refractivity (Wildman–Crippen MR) is 109 cm³/mol. The van der Waals surface area contributed by atoms with Gasteiger partial charge in [-0.3, -0.25) is 9.59 Å². The average molecular weight is 401 g/mol. The molecule has 6 heteroatoms. The van der Waals surface area contributed by atoms with Crippen LogP contribution in [0.4, 0.5) is 0 Å². The third-order valence-corrected chi connectivity index (χ3v) is 4.78. The molecule has 2 amide bonds. The first-order chi connectivity index (χ1) is 12.9. The Morgan fingerprint density at radius 3 is 2.44 bits per heavy atom. The summed E-state index contributed by atoms with van der Waals surface area (Å²) in [4.78, 5) is 24.4. The molecule has 4 nitrogen and oxygen atoms in total. The lowest BCUT2D eigenvalue weighted by Gasteiger charge is -2.15. The molecule has 27 heavy (non-hydrogen) atoms. The van der Waals surface area contributed by atoms with Crippen molar-refractivity contribution in [2.24, 2.45) is 0 Å². The summed E-state index contributed by atoms with van der Waals surface area (Å²) in [7, 11) is 0. The van der Waals surface area contributed by atoms with Gasteiger partial charge in [0.05, 0.1) is 23.2 Å². The molecule has 0 saturated carbocycles. The van der Waals surface area contributed by atoms with E-state index in [9.17, 15) is 9.59 Å². The average Bonchev–Trinajstić information content (AvgIpc) is 2.65. The maximum absolute atomic E-state index is 12.2. The lowest BCUT2D eigenvalue weighted by atomic mass is 10.0. The van der Waals surface area contributed by atoms with Gasteiger partial charge in [0.15, 0.2) is 0 Å². The minimum absolute atomic E-state index is 0.143. The molecule has 3 rings (SSSR count). The standard InChI is InChI=1S/C21H18Cl2N2O2/c1-13(15-7-6-14-4-2-3-5-16(14)10-15)25-20(26)12-24-21(27)18-9-8-17(22)11-19(18)23/h2-11,13H,12H2,1H3,(H,24,27)(H,25,26)/t13-/m0/s1. The van der Waals surface area contributed by atoms with Crippen LogP contribution < -0.4 is 10.6 Å². The van der Waals surface area contributed by atoms with Gasteiger partial charge in [0.1, 0.15) is 0 Å². The van der Waals surface area contributed by atoms with Crippen LogP contribution in [0.3, 0.4) is 0 Å². The van der Waals surface area contributed by atoms with E-state index >= 15 is 0 Å². The molecule has 2 N–H and O–H groups in total. The van der Waals surface area contributed by atoms with Crippen LogP contribution in [0.2, 0.25) is 10.0 Å². The fourth-order valence-electron chi connectivity index (χ4n) is 2.78. The van der Waals surface area contributed by atoms with Crippen molar-refractivity contribution in [1.29, 1.82) is 0 Å². The van der Waals surface area contributed by atoms with Crippen LogP contribution in [0, 0.1) is 0 Å². The Balaban J connectivity index is 1.58. The third kappa shape index (κ3) is 4.79. The molecule has 0 aliphatic heterocycles. The summed E-state index contributed by atoms with van der Waals surface area (Å²) < 4.78 is 0. The van der Waals surface area contributed by atoms with Gasteiger partial charge in [-0.15, -0.1) is 0 Å². The van der Waals surface area contributed by atoms with Crippen LogP contribution >= 0.6 is 23.2 Å². The zero-order valence-electron chi connectivity index (χ0n) is 14.6. The molecule has 0 aliphatic carbocycles. The van der Waals surface area contributed by atoms with E-state index in [0.29, 0.717) is 5.02 Å². The fraction of sp³-hybridized carbons (Fsp3) is 0.143. The highest BCUT2D eigenvalue weighted by molar-refractivity contribution is 6.36. The van der Waals surface area contributed by atoms with Gasteiger partial charge in [-0.05, 0) is 47.5 Å². The van der Waals surface area contributed by atoms with Crippen molar-refractivity contribution in [2.45, 2.75) is 13.0 Å². The zero-order valence-corrected chi connectivity index (χ0v) is 16.1. The molecule has 0 radical (unpaired) electrons. The summed E-state index contributed by atoms with van der Waals surface area (Å²) in [6.45, 7) is 1.76. The molecule has 1 atom stereocenters. The number of benzene rings is 3. The molecular formula is C21H18Cl2N2O2. The SMILES string of the molecule is C[C@H](NC(=O)CNC(=O)c1ccc(Cl)cc1Cl)c1ccc2ccccc2c1. The monoisotopic (exact) mass is 400 g/mol. The molecule has 0 fully saturated rings. The molecular weight excluding hydrogens is 383 g/mol. The van der Waals surface area contributed by atoms with E-state index in [4.69, 9.17) is 23.2 Å². The zero-order chi connectivity index (χ0) is 19.4. The van der Waals surface area contributed by atoms with Gasteiger partial charge in [-0.25, -0.2) is 0 Å². The highest BCUT2D eigenvalue weighted by Crippen LogP contribution is 2.21. The summed E-state index contributed by atoms with van der Waals surface area (Å²) in [6.07, 6.45) is 0. The third-order valence-electron chi connectivity index (χ3n) is 4.24. The van der Waals surface area contributed by atoms with Gasteiger partial charge in [0.2, 0.25) is 5.91 Å². The molecule has 0 heterocycles. The van der Waals surface area contributed by atoms with E-state index in [1.807, 2.05) is 49.4 Å². The van der Waals surface area contributed by atoms with Crippen molar-refractivity contribution in [2.75, 3.05) is 6.54 Å². The van der Waals surface area contributed by atoms with Gasteiger partial charge in [-0.1, -0.05) is 59.6 Å². The lowest BCUT2D eigenvalue weighted by Crippen LogP contribution is -2.38. The number of amides is 2. The van der Waals surface area contributed by atoms with Crippen LogP contribution in [0.1, 0.15) is 28.9 Å². The first kappa shape index (κ1) is 19.2. The van der Waals surface area contributed by atoms with E-state index in [-0.39, 0.29) is 29.1 Å². The van der Waals surface area contributed by atoms with Crippen molar-refractivity contribution in [3.8, 4) is 0 Å². The molecule has 3 aromatic rings. The number of hydrogen-bond acceptors (Lipinski definition) is 2. The van der Waals surface area contributed by atoms with E-state index in [1.54, 1.807) is 6.07 Å². The van der Waals surface area contributed by atoms with Crippen molar-refractivity contribution >= 4 is 45.8 Å². The number of carbonyl (C=O) groups excluding carboxylic acids is 2. The Labute approximate surface area is 167 Å². The van der Waals surface area contributed by atoms with Crippen molar-refractivity contribution in [3.63, 3.8) is 0 Å². The largest absolute Gasteiger partial charge is 0.348 e. The second-order valence-corrected chi connectivity index (χ2v) is 7.05. The Bertz CT molecular complexity index is 1000. The summed E-state index contributed by atoms with van der Waals surface area (Å²) in [5.41, 5.74) is 1.27. The molecule has 0 bridgehead atoms. The summed E-state index contributed by atoms with van der Waals surface area (Å²) >= 11 is 11.8. The van der Waals surface area contributed by atoms with E-state index in [0.717, 1.165) is 16.3 Å². The minimum Gasteiger partial charge on any atom is -0.348 e. The number of fused-ring (bicyclic) bond motifs is 1. The van der Waals surface area contributed by atoms with Gasteiger partial charge >= 0.3 is 0 Å². The molecule has 0 aliphatic rings. The highest BCUT2D eigenvalue weighted by atomic mass is 35.5. The Morgan fingerprint density at radius 2 is 1.70 bits per heavy atom. The fourth-order valence-corrected chi connectivity index (χ4v) is 3.28. The van der Waals surface area contributed by atoms with Crippen LogP contribution in [-0.4, -0.2) is 18.4 Å². The van der Waals surface area contributed by atoms with Gasteiger partial charge in [0.25, 0.3) is 5.91 Å². The summed E-state index contributed by atoms with van der Waals surface area (Å²) in [5, 5.41) is 8.39. The minimum atomic E-state index is -0.426. The Hall–Kier alpha value is -2.56. The Morgan fingerprint density at radius 1 is 0.963 bits per heavy atom. The first-order valence-corrected chi connectivity index (χ1v) is 9.21. The quantitative estimate of drug-likeness (QED) is 0.648. The second-order valence-electron chi connectivity index (χ2n) is 6.20. The van der Waals surface area contributed by atoms with E-state index in [1.165, 1.54) is 12.1 Å². The number of nitrogens with one attached hydrogen (secondary N) is 2. The van der Waals surface area contributed by atoms with Gasteiger partial charge in [-0.2, -0.15) is 0 Å². The number of hydrogen-bond donors (Lipinski definition) is 2. The highest BCUT2D eigenvalue weighted by Gasteiger charge is 2.14. The summed E-state index contributed by atoms with van der Waals surface area (Å²) in [6, 6.07) is 18.5.